The van der Waals surface area contributed by atoms with Crippen molar-refractivity contribution >= 4 is 33.8 Å². The van der Waals surface area contributed by atoms with E-state index in [1.165, 1.54) is 0 Å². The number of fused-ring (bicyclic) bond motifs is 1. The predicted octanol–water partition coefficient (Wildman–Crippen LogP) is 2.87. The third-order valence-electron chi connectivity index (χ3n) is 3.88. The first kappa shape index (κ1) is 19.2. The summed E-state index contributed by atoms with van der Waals surface area (Å²) in [5, 5.41) is 9.25. The van der Waals surface area contributed by atoms with E-state index < -0.39 is 54.3 Å². The van der Waals surface area contributed by atoms with Gasteiger partial charge in [-0.25, -0.2) is 4.98 Å². The summed E-state index contributed by atoms with van der Waals surface area (Å²) in [6, 6.07) is 0. The number of nitrogens with zero attached hydrogens (tertiary/aromatic N) is 4. The van der Waals surface area contributed by atoms with Crippen molar-refractivity contribution in [1.29, 1.82) is 0 Å². The van der Waals surface area contributed by atoms with Gasteiger partial charge < -0.3 is 10.0 Å². The highest BCUT2D eigenvalue weighted by Gasteiger charge is 2.42. The van der Waals surface area contributed by atoms with Crippen LogP contribution in [0.2, 0.25) is 0 Å². The fourth-order valence-electron chi connectivity index (χ4n) is 2.94. The molecular weight excluding hydrogens is 407 g/mol. The number of amides is 1. The number of halogens is 6. The molecule has 1 aliphatic heterocycles. The molecule has 0 saturated carbocycles. The highest BCUT2D eigenvalue weighted by Crippen LogP contribution is 2.37. The minimum atomic E-state index is -4.79. The minimum Gasteiger partial charge on any atom is -0.389 e. The van der Waals surface area contributed by atoms with E-state index in [4.69, 9.17) is 16.7 Å². The SMILES string of the molecule is O=C1C[C@H](CC(F)(F)Cl)CN1Cc1nc2sc(CO)nn2c1C(F)(F)F. The van der Waals surface area contributed by atoms with Gasteiger partial charge in [0.2, 0.25) is 10.9 Å². The first-order valence-electron chi connectivity index (χ1n) is 7.38. The Hall–Kier alpha value is -1.53. The molecule has 2 aromatic heterocycles. The van der Waals surface area contributed by atoms with Gasteiger partial charge >= 0.3 is 11.6 Å². The molecule has 2 aromatic rings. The molecule has 1 atom stereocenters. The molecule has 3 heterocycles. The molecule has 1 fully saturated rings. The van der Waals surface area contributed by atoms with Crippen molar-refractivity contribution in [2.75, 3.05) is 6.54 Å². The highest BCUT2D eigenvalue weighted by molar-refractivity contribution is 7.16. The number of alkyl halides is 6. The molecule has 1 N–H and O–H groups in total. The van der Waals surface area contributed by atoms with Crippen LogP contribution in [-0.4, -0.2) is 42.4 Å². The third-order valence-corrected chi connectivity index (χ3v) is 4.92. The van der Waals surface area contributed by atoms with Gasteiger partial charge in [0.05, 0.1) is 18.8 Å². The molecule has 0 aromatic carbocycles. The molecule has 0 spiro atoms. The van der Waals surface area contributed by atoms with E-state index in [9.17, 15) is 26.7 Å². The summed E-state index contributed by atoms with van der Waals surface area (Å²) >= 11 is 5.65. The Bertz CT molecular complexity index is 831. The van der Waals surface area contributed by atoms with Crippen LogP contribution < -0.4 is 0 Å². The summed E-state index contributed by atoms with van der Waals surface area (Å²) in [6.45, 7) is -1.12. The number of aromatic nitrogens is 3. The van der Waals surface area contributed by atoms with Crippen molar-refractivity contribution in [3.63, 3.8) is 0 Å². The number of aliphatic hydroxyl groups is 1. The number of hydrogen-bond donors (Lipinski definition) is 1. The molecule has 1 amide bonds. The number of rotatable bonds is 5. The van der Waals surface area contributed by atoms with E-state index in [0.717, 1.165) is 16.2 Å². The van der Waals surface area contributed by atoms with E-state index in [0.29, 0.717) is 4.52 Å². The number of imidazole rings is 1. The van der Waals surface area contributed by atoms with Crippen molar-refractivity contribution in [2.24, 2.45) is 5.92 Å². The average Bonchev–Trinajstić information content (AvgIpc) is 3.08. The molecule has 0 unspecified atom stereocenters. The van der Waals surface area contributed by atoms with E-state index in [-0.39, 0.29) is 22.9 Å². The Morgan fingerprint density at radius 2 is 2.00 bits per heavy atom. The van der Waals surface area contributed by atoms with Gasteiger partial charge in [0.1, 0.15) is 5.01 Å². The molecular formula is C13H12ClF5N4O2S. The molecule has 0 radical (unpaired) electrons. The first-order valence-corrected chi connectivity index (χ1v) is 8.57. The van der Waals surface area contributed by atoms with Gasteiger partial charge in [-0.15, -0.1) is 0 Å². The summed E-state index contributed by atoms with van der Waals surface area (Å²) in [6.07, 6.45) is -5.73. The maximum atomic E-state index is 13.4. The topological polar surface area (TPSA) is 70.7 Å². The van der Waals surface area contributed by atoms with Crippen LogP contribution in [-0.2, 0) is 24.1 Å². The van der Waals surface area contributed by atoms with Crippen LogP contribution in [0.25, 0.3) is 4.96 Å². The predicted molar refractivity (Wildman–Crippen MR) is 80.7 cm³/mol. The van der Waals surface area contributed by atoms with Gasteiger partial charge in [-0.1, -0.05) is 11.3 Å². The van der Waals surface area contributed by atoms with Crippen LogP contribution in [0.5, 0.6) is 0 Å². The van der Waals surface area contributed by atoms with Gasteiger partial charge in [0.15, 0.2) is 5.69 Å². The highest BCUT2D eigenvalue weighted by atomic mass is 35.5. The van der Waals surface area contributed by atoms with Crippen LogP contribution in [0.1, 0.15) is 29.2 Å². The number of carbonyl (C=O) groups is 1. The Morgan fingerprint density at radius 1 is 1.31 bits per heavy atom. The third kappa shape index (κ3) is 3.91. The standard InChI is InChI=1S/C13H12ClF5N4O2S/c14-12(15,16)2-6-1-9(25)22(3-6)4-7-10(13(17,18)19)23-11(20-7)26-8(5-24)21-23/h6,24H,1-5H2/t6-/m1/s1. The fraction of sp³-hybridized carbons (Fsp3) is 0.615. The van der Waals surface area contributed by atoms with Gasteiger partial charge in [-0.3, -0.25) is 4.79 Å². The van der Waals surface area contributed by atoms with E-state index in [1.807, 2.05) is 0 Å². The molecule has 26 heavy (non-hydrogen) atoms. The first-order chi connectivity index (χ1) is 12.0. The number of likely N-dealkylation sites (tertiary alicyclic amines) is 1. The van der Waals surface area contributed by atoms with Crippen molar-refractivity contribution in [3.05, 3.63) is 16.4 Å². The zero-order valence-electron chi connectivity index (χ0n) is 12.9. The van der Waals surface area contributed by atoms with Crippen molar-refractivity contribution in [2.45, 2.75) is 37.6 Å². The Morgan fingerprint density at radius 3 is 2.58 bits per heavy atom. The van der Waals surface area contributed by atoms with Crippen molar-refractivity contribution in [3.8, 4) is 0 Å². The fourth-order valence-corrected chi connectivity index (χ4v) is 3.93. The monoisotopic (exact) mass is 418 g/mol. The van der Waals surface area contributed by atoms with E-state index in [2.05, 4.69) is 10.1 Å². The summed E-state index contributed by atoms with van der Waals surface area (Å²) in [5.74, 6) is -1.28. The van der Waals surface area contributed by atoms with Crippen LogP contribution in [0.15, 0.2) is 0 Å². The Balaban J connectivity index is 1.87. The van der Waals surface area contributed by atoms with Gasteiger partial charge in [0, 0.05) is 19.4 Å². The average molecular weight is 419 g/mol. The Kier molecular flexibility index (Phi) is 4.86. The van der Waals surface area contributed by atoms with Gasteiger partial charge in [-0.2, -0.15) is 31.6 Å². The molecule has 1 saturated heterocycles. The normalized spacial score (nSPS) is 19.1. The summed E-state index contributed by atoms with van der Waals surface area (Å²) in [5.41, 5.74) is -1.57. The summed E-state index contributed by atoms with van der Waals surface area (Å²) < 4.78 is 66.6. The van der Waals surface area contributed by atoms with Gasteiger partial charge in [0.25, 0.3) is 0 Å². The molecule has 3 rings (SSSR count). The second-order valence-electron chi connectivity index (χ2n) is 5.92. The number of hydrogen-bond acceptors (Lipinski definition) is 5. The van der Waals surface area contributed by atoms with Crippen LogP contribution in [0.3, 0.4) is 0 Å². The lowest BCUT2D eigenvalue weighted by Gasteiger charge is -2.17. The van der Waals surface area contributed by atoms with Crippen molar-refractivity contribution < 1.29 is 31.9 Å². The largest absolute Gasteiger partial charge is 0.435 e. The molecule has 1 aliphatic rings. The lowest BCUT2D eigenvalue weighted by Crippen LogP contribution is -2.27. The maximum absolute atomic E-state index is 13.4. The van der Waals surface area contributed by atoms with Crippen molar-refractivity contribution in [1.82, 2.24) is 19.5 Å². The quantitative estimate of drug-likeness (QED) is 0.599. The molecule has 144 valence electrons. The smallest absolute Gasteiger partial charge is 0.389 e. The summed E-state index contributed by atoms with van der Waals surface area (Å²) in [4.78, 5) is 16.8. The van der Waals surface area contributed by atoms with E-state index >= 15 is 0 Å². The molecule has 0 aliphatic carbocycles. The molecule has 6 nitrogen and oxygen atoms in total. The maximum Gasteiger partial charge on any atom is 0.435 e. The van der Waals surface area contributed by atoms with Crippen LogP contribution in [0, 0.1) is 5.92 Å². The zero-order valence-corrected chi connectivity index (χ0v) is 14.5. The van der Waals surface area contributed by atoms with Crippen LogP contribution >= 0.6 is 22.9 Å². The lowest BCUT2D eigenvalue weighted by atomic mass is 10.1. The summed E-state index contributed by atoms with van der Waals surface area (Å²) in [7, 11) is 0. The molecule has 0 bridgehead atoms. The second kappa shape index (κ2) is 6.57. The van der Waals surface area contributed by atoms with Crippen LogP contribution in [0.4, 0.5) is 22.0 Å². The van der Waals surface area contributed by atoms with Gasteiger partial charge in [-0.05, 0) is 17.5 Å². The lowest BCUT2D eigenvalue weighted by molar-refractivity contribution is -0.144. The molecule has 13 heteroatoms. The van der Waals surface area contributed by atoms with E-state index in [1.54, 1.807) is 0 Å². The Labute approximate surface area is 152 Å². The number of aliphatic hydroxyl groups excluding tert-OH is 1. The number of carbonyl (C=O) groups excluding carboxylic acids is 1. The minimum absolute atomic E-state index is 0.0613. The second-order valence-corrected chi connectivity index (χ2v) is 7.51. The zero-order chi connectivity index (χ0) is 19.3.